The number of benzene rings is 1. The number of halogens is 2. The van der Waals surface area contributed by atoms with Gasteiger partial charge in [0.1, 0.15) is 0 Å². The quantitative estimate of drug-likeness (QED) is 0.625. The average Bonchev–Trinajstić information content (AvgIpc) is 2.98. The molecule has 2 heterocycles. The molecule has 1 saturated heterocycles. The number of carbonyl (C=O) groups is 1. The van der Waals surface area contributed by atoms with Crippen LogP contribution < -0.4 is 5.32 Å². The highest BCUT2D eigenvalue weighted by atomic mass is 35.5. The zero-order chi connectivity index (χ0) is 21.9. The summed E-state index contributed by atoms with van der Waals surface area (Å²) in [6.07, 6.45) is 1.76. The molecule has 0 unspecified atom stereocenters. The van der Waals surface area contributed by atoms with Crippen molar-refractivity contribution in [1.29, 1.82) is 0 Å². The SMILES string of the molecule is Cc1nn(CCCNC(=O)C2CCN(S(=O)(=O)c3ccc(Cl)cc3)CC2)c(C)c1Cl. The molecule has 1 fully saturated rings. The van der Waals surface area contributed by atoms with Gasteiger partial charge in [0.15, 0.2) is 0 Å². The van der Waals surface area contributed by atoms with E-state index in [0.717, 1.165) is 17.8 Å². The minimum absolute atomic E-state index is 0.0232. The Morgan fingerprint density at radius 1 is 1.17 bits per heavy atom. The van der Waals surface area contributed by atoms with Crippen molar-refractivity contribution in [2.45, 2.75) is 44.6 Å². The number of sulfonamides is 1. The summed E-state index contributed by atoms with van der Waals surface area (Å²) >= 11 is 12.0. The second-order valence-electron chi connectivity index (χ2n) is 7.48. The van der Waals surface area contributed by atoms with Gasteiger partial charge in [0.05, 0.1) is 21.3 Å². The monoisotopic (exact) mass is 472 g/mol. The predicted molar refractivity (Wildman–Crippen MR) is 117 cm³/mol. The molecule has 0 bridgehead atoms. The van der Waals surface area contributed by atoms with Gasteiger partial charge in [-0.05, 0) is 57.4 Å². The van der Waals surface area contributed by atoms with Crippen LogP contribution in [0.25, 0.3) is 0 Å². The number of piperidine rings is 1. The summed E-state index contributed by atoms with van der Waals surface area (Å²) in [5.74, 6) is -0.199. The number of carbonyl (C=O) groups excluding carboxylic acids is 1. The third-order valence-corrected chi connectivity index (χ3v) is 8.13. The lowest BCUT2D eigenvalue weighted by molar-refractivity contribution is -0.126. The Labute approximate surface area is 187 Å². The molecule has 30 heavy (non-hydrogen) atoms. The van der Waals surface area contributed by atoms with Gasteiger partial charge in [0.2, 0.25) is 15.9 Å². The number of aromatic nitrogens is 2. The Morgan fingerprint density at radius 3 is 2.37 bits per heavy atom. The van der Waals surface area contributed by atoms with Crippen LogP contribution in [0.5, 0.6) is 0 Å². The van der Waals surface area contributed by atoms with Crippen LogP contribution in [0.2, 0.25) is 10.0 Å². The minimum atomic E-state index is -3.56. The van der Waals surface area contributed by atoms with Crippen molar-refractivity contribution in [2.75, 3.05) is 19.6 Å². The van der Waals surface area contributed by atoms with Gasteiger partial charge in [0.25, 0.3) is 0 Å². The first-order valence-corrected chi connectivity index (χ1v) is 12.1. The lowest BCUT2D eigenvalue weighted by Crippen LogP contribution is -2.43. The highest BCUT2D eigenvalue weighted by molar-refractivity contribution is 7.89. The molecule has 1 aliphatic heterocycles. The van der Waals surface area contributed by atoms with E-state index in [1.165, 1.54) is 16.4 Å². The molecule has 2 aromatic rings. The number of nitrogens with one attached hydrogen (secondary N) is 1. The van der Waals surface area contributed by atoms with Crippen LogP contribution in [-0.2, 0) is 21.4 Å². The predicted octanol–water partition coefficient (Wildman–Crippen LogP) is 3.41. The summed E-state index contributed by atoms with van der Waals surface area (Å²) in [4.78, 5) is 12.7. The van der Waals surface area contributed by atoms with Gasteiger partial charge >= 0.3 is 0 Å². The number of amides is 1. The summed E-state index contributed by atoms with van der Waals surface area (Å²) in [7, 11) is -3.56. The van der Waals surface area contributed by atoms with E-state index in [0.29, 0.717) is 49.1 Å². The van der Waals surface area contributed by atoms with Crippen LogP contribution in [0.4, 0.5) is 0 Å². The lowest BCUT2D eigenvalue weighted by atomic mass is 9.97. The fourth-order valence-electron chi connectivity index (χ4n) is 3.59. The van der Waals surface area contributed by atoms with E-state index in [-0.39, 0.29) is 16.7 Å². The number of nitrogens with zero attached hydrogens (tertiary/aromatic N) is 3. The van der Waals surface area contributed by atoms with Gasteiger partial charge < -0.3 is 5.32 Å². The fourth-order valence-corrected chi connectivity index (χ4v) is 5.32. The fraction of sp³-hybridized carbons (Fsp3) is 0.500. The van der Waals surface area contributed by atoms with Crippen LogP contribution in [0.3, 0.4) is 0 Å². The highest BCUT2D eigenvalue weighted by Gasteiger charge is 2.31. The molecule has 1 N–H and O–H groups in total. The molecule has 1 aromatic carbocycles. The van der Waals surface area contributed by atoms with E-state index in [1.807, 2.05) is 18.5 Å². The molecule has 0 aliphatic carbocycles. The largest absolute Gasteiger partial charge is 0.356 e. The Bertz CT molecular complexity index is 998. The number of hydrogen-bond donors (Lipinski definition) is 1. The molecule has 164 valence electrons. The van der Waals surface area contributed by atoms with E-state index >= 15 is 0 Å². The first-order chi connectivity index (χ1) is 14.2. The summed E-state index contributed by atoms with van der Waals surface area (Å²) in [5.41, 5.74) is 1.73. The Hall–Kier alpha value is -1.61. The van der Waals surface area contributed by atoms with Crippen molar-refractivity contribution < 1.29 is 13.2 Å². The van der Waals surface area contributed by atoms with Gasteiger partial charge in [-0.1, -0.05) is 23.2 Å². The van der Waals surface area contributed by atoms with Crippen LogP contribution in [0.15, 0.2) is 29.2 Å². The average molecular weight is 473 g/mol. The molecule has 7 nitrogen and oxygen atoms in total. The Balaban J connectivity index is 1.44. The maximum absolute atomic E-state index is 12.7. The molecule has 0 radical (unpaired) electrons. The molecule has 0 spiro atoms. The van der Waals surface area contributed by atoms with E-state index in [1.54, 1.807) is 12.1 Å². The first-order valence-electron chi connectivity index (χ1n) is 9.93. The molecule has 3 rings (SSSR count). The Morgan fingerprint density at radius 2 is 1.80 bits per heavy atom. The van der Waals surface area contributed by atoms with E-state index in [4.69, 9.17) is 23.2 Å². The van der Waals surface area contributed by atoms with Gasteiger partial charge in [-0.3, -0.25) is 9.48 Å². The highest BCUT2D eigenvalue weighted by Crippen LogP contribution is 2.25. The third kappa shape index (κ3) is 5.17. The summed E-state index contributed by atoms with van der Waals surface area (Å²) in [5, 5.41) is 8.51. The van der Waals surface area contributed by atoms with E-state index < -0.39 is 10.0 Å². The van der Waals surface area contributed by atoms with Crippen molar-refractivity contribution in [2.24, 2.45) is 5.92 Å². The van der Waals surface area contributed by atoms with Crippen LogP contribution >= 0.6 is 23.2 Å². The smallest absolute Gasteiger partial charge is 0.243 e. The van der Waals surface area contributed by atoms with Crippen molar-refractivity contribution in [3.8, 4) is 0 Å². The van der Waals surface area contributed by atoms with Crippen LogP contribution in [0, 0.1) is 19.8 Å². The van der Waals surface area contributed by atoms with E-state index in [2.05, 4.69) is 10.4 Å². The third-order valence-electron chi connectivity index (χ3n) is 5.42. The molecule has 1 amide bonds. The Kier molecular flexibility index (Phi) is 7.44. The van der Waals surface area contributed by atoms with Crippen molar-refractivity contribution in [3.05, 3.63) is 45.7 Å². The standard InChI is InChI=1S/C20H26Cl2N4O3S/c1-14-19(22)15(2)26(24-14)11-3-10-23-20(27)16-8-12-25(13-9-16)30(28,29)18-6-4-17(21)5-7-18/h4-7,16H,3,8-13H2,1-2H3,(H,23,27). The number of aryl methyl sites for hydroxylation is 2. The first kappa shape index (κ1) is 23.1. The molecular formula is C20H26Cl2N4O3S. The summed E-state index contributed by atoms with van der Waals surface area (Å²) < 4.78 is 28.8. The van der Waals surface area contributed by atoms with Gasteiger partial charge in [0, 0.05) is 37.1 Å². The second-order valence-corrected chi connectivity index (χ2v) is 10.2. The zero-order valence-electron chi connectivity index (χ0n) is 17.1. The molecule has 0 atom stereocenters. The molecule has 1 aliphatic rings. The molecular weight excluding hydrogens is 447 g/mol. The lowest BCUT2D eigenvalue weighted by Gasteiger charge is -2.30. The topological polar surface area (TPSA) is 84.3 Å². The number of hydrogen-bond acceptors (Lipinski definition) is 4. The van der Waals surface area contributed by atoms with Crippen LogP contribution in [-0.4, -0.2) is 48.0 Å². The van der Waals surface area contributed by atoms with Gasteiger partial charge in [-0.2, -0.15) is 9.40 Å². The summed E-state index contributed by atoms with van der Waals surface area (Å²) in [6, 6.07) is 6.14. The van der Waals surface area contributed by atoms with E-state index in [9.17, 15) is 13.2 Å². The van der Waals surface area contributed by atoms with Crippen molar-refractivity contribution in [1.82, 2.24) is 19.4 Å². The molecule has 1 aromatic heterocycles. The number of rotatable bonds is 7. The van der Waals surface area contributed by atoms with Crippen LogP contribution in [0.1, 0.15) is 30.7 Å². The maximum atomic E-state index is 12.7. The van der Waals surface area contributed by atoms with Crippen molar-refractivity contribution in [3.63, 3.8) is 0 Å². The zero-order valence-corrected chi connectivity index (χ0v) is 19.4. The minimum Gasteiger partial charge on any atom is -0.356 e. The van der Waals surface area contributed by atoms with Gasteiger partial charge in [-0.25, -0.2) is 8.42 Å². The summed E-state index contributed by atoms with van der Waals surface area (Å²) in [6.45, 7) is 5.66. The maximum Gasteiger partial charge on any atom is 0.243 e. The second kappa shape index (κ2) is 9.68. The van der Waals surface area contributed by atoms with Crippen molar-refractivity contribution >= 4 is 39.1 Å². The van der Waals surface area contributed by atoms with Gasteiger partial charge in [-0.15, -0.1) is 0 Å². The molecule has 10 heteroatoms. The normalized spacial score (nSPS) is 16.0. The molecule has 0 saturated carbocycles.